The third-order valence-electron chi connectivity index (χ3n) is 4.36. The van der Waals surface area contributed by atoms with Crippen LogP contribution in [0.1, 0.15) is 17.8 Å². The summed E-state index contributed by atoms with van der Waals surface area (Å²) in [6.45, 7) is 5.50. The second kappa shape index (κ2) is 7.35. The zero-order chi connectivity index (χ0) is 17.2. The Morgan fingerprint density at radius 1 is 1.16 bits per heavy atom. The van der Waals surface area contributed by atoms with Gasteiger partial charge in [-0.3, -0.25) is 0 Å². The summed E-state index contributed by atoms with van der Waals surface area (Å²) in [7, 11) is 0. The van der Waals surface area contributed by atoms with Crippen LogP contribution in [0, 0.1) is 12.7 Å². The molecule has 4 rings (SSSR count). The zero-order valence-electron chi connectivity index (χ0n) is 14.0. The van der Waals surface area contributed by atoms with Crippen molar-refractivity contribution in [3.05, 3.63) is 35.1 Å². The Morgan fingerprint density at radius 3 is 2.68 bits per heavy atom. The van der Waals surface area contributed by atoms with Crippen LogP contribution in [0.5, 0.6) is 0 Å². The molecule has 3 heterocycles. The highest BCUT2D eigenvalue weighted by molar-refractivity contribution is 7.99. The SMILES string of the molecule is Cc1nc2c(SCCN3CCCC3)nnc(-c3ccc(F)cc3)c2s1. The molecule has 7 heteroatoms. The molecule has 1 fully saturated rings. The molecule has 1 aliphatic rings. The van der Waals surface area contributed by atoms with Crippen LogP contribution >= 0.6 is 23.1 Å². The Labute approximate surface area is 154 Å². The first kappa shape index (κ1) is 16.9. The summed E-state index contributed by atoms with van der Waals surface area (Å²) in [6.07, 6.45) is 2.62. The lowest BCUT2D eigenvalue weighted by atomic mass is 10.1. The largest absolute Gasteiger partial charge is 0.303 e. The van der Waals surface area contributed by atoms with Crippen molar-refractivity contribution in [2.24, 2.45) is 0 Å². The molecule has 25 heavy (non-hydrogen) atoms. The molecule has 0 aliphatic carbocycles. The first-order valence-electron chi connectivity index (χ1n) is 8.45. The van der Waals surface area contributed by atoms with Gasteiger partial charge in [0, 0.05) is 17.9 Å². The minimum absolute atomic E-state index is 0.248. The highest BCUT2D eigenvalue weighted by atomic mass is 32.2. The first-order chi connectivity index (χ1) is 12.2. The van der Waals surface area contributed by atoms with Gasteiger partial charge in [-0.2, -0.15) is 0 Å². The summed E-state index contributed by atoms with van der Waals surface area (Å²) in [5, 5.41) is 10.7. The average Bonchev–Trinajstić information content (AvgIpc) is 3.25. The van der Waals surface area contributed by atoms with Gasteiger partial charge in [0.05, 0.1) is 9.71 Å². The van der Waals surface area contributed by atoms with Gasteiger partial charge < -0.3 is 4.90 Å². The van der Waals surface area contributed by atoms with E-state index in [9.17, 15) is 4.39 Å². The number of hydrogen-bond donors (Lipinski definition) is 0. The van der Waals surface area contributed by atoms with Crippen molar-refractivity contribution in [3.8, 4) is 11.3 Å². The minimum Gasteiger partial charge on any atom is -0.303 e. The van der Waals surface area contributed by atoms with Gasteiger partial charge in [-0.15, -0.1) is 33.3 Å². The second-order valence-electron chi connectivity index (χ2n) is 6.17. The first-order valence-corrected chi connectivity index (χ1v) is 10.3. The van der Waals surface area contributed by atoms with Crippen LogP contribution in [0.4, 0.5) is 4.39 Å². The van der Waals surface area contributed by atoms with Gasteiger partial charge in [0.2, 0.25) is 0 Å². The van der Waals surface area contributed by atoms with Crippen molar-refractivity contribution in [1.82, 2.24) is 20.1 Å². The van der Waals surface area contributed by atoms with E-state index in [1.54, 1.807) is 35.2 Å². The topological polar surface area (TPSA) is 41.9 Å². The molecule has 0 atom stereocenters. The van der Waals surface area contributed by atoms with Crippen LogP contribution in [0.2, 0.25) is 0 Å². The second-order valence-corrected chi connectivity index (χ2v) is 8.46. The monoisotopic (exact) mass is 374 g/mol. The van der Waals surface area contributed by atoms with Crippen molar-refractivity contribution in [2.75, 3.05) is 25.4 Å². The Balaban J connectivity index is 1.61. The van der Waals surface area contributed by atoms with Crippen molar-refractivity contribution >= 4 is 33.3 Å². The maximum absolute atomic E-state index is 13.2. The molecule has 3 aromatic rings. The van der Waals surface area contributed by atoms with E-state index >= 15 is 0 Å². The van der Waals surface area contributed by atoms with Crippen molar-refractivity contribution < 1.29 is 4.39 Å². The van der Waals surface area contributed by atoms with Gasteiger partial charge in [0.25, 0.3) is 0 Å². The standard InChI is InChI=1S/C18H19FN4S2/c1-12-20-16-17(25-12)15(13-4-6-14(19)7-5-13)21-22-18(16)24-11-10-23-8-2-3-9-23/h4-7H,2-3,8-11H2,1H3. The fourth-order valence-electron chi connectivity index (χ4n) is 3.09. The van der Waals surface area contributed by atoms with E-state index in [-0.39, 0.29) is 5.82 Å². The van der Waals surface area contributed by atoms with E-state index in [4.69, 9.17) is 0 Å². The molecule has 0 N–H and O–H groups in total. The number of hydrogen-bond acceptors (Lipinski definition) is 6. The number of thiazole rings is 1. The Morgan fingerprint density at radius 2 is 1.92 bits per heavy atom. The summed E-state index contributed by atoms with van der Waals surface area (Å²) in [6, 6.07) is 6.40. The lowest BCUT2D eigenvalue weighted by Crippen LogP contribution is -2.21. The van der Waals surface area contributed by atoms with Gasteiger partial charge in [-0.05, 0) is 57.1 Å². The van der Waals surface area contributed by atoms with Crippen molar-refractivity contribution in [1.29, 1.82) is 0 Å². The van der Waals surface area contributed by atoms with Crippen LogP contribution in [0.25, 0.3) is 21.5 Å². The van der Waals surface area contributed by atoms with Gasteiger partial charge in [-0.25, -0.2) is 9.37 Å². The van der Waals surface area contributed by atoms with Crippen molar-refractivity contribution in [2.45, 2.75) is 24.8 Å². The number of likely N-dealkylation sites (tertiary alicyclic amines) is 1. The fourth-order valence-corrected chi connectivity index (χ4v) is 5.01. The van der Waals surface area contributed by atoms with Crippen LogP contribution in [0.3, 0.4) is 0 Å². The Kier molecular flexibility index (Phi) is 4.96. The lowest BCUT2D eigenvalue weighted by Gasteiger charge is -2.13. The third-order valence-corrected chi connectivity index (χ3v) is 6.27. The molecule has 0 spiro atoms. The maximum atomic E-state index is 13.2. The van der Waals surface area contributed by atoms with E-state index in [0.29, 0.717) is 0 Å². The molecular formula is C18H19FN4S2. The van der Waals surface area contributed by atoms with Crippen LogP contribution in [-0.2, 0) is 0 Å². The summed E-state index contributed by atoms with van der Waals surface area (Å²) < 4.78 is 14.2. The number of thioether (sulfide) groups is 1. The number of nitrogens with zero attached hydrogens (tertiary/aromatic N) is 4. The molecule has 1 aromatic carbocycles. The number of aromatic nitrogens is 3. The number of benzene rings is 1. The van der Waals surface area contributed by atoms with Crippen LogP contribution in [0.15, 0.2) is 29.3 Å². The predicted molar refractivity (Wildman–Crippen MR) is 102 cm³/mol. The predicted octanol–water partition coefficient (Wildman–Crippen LogP) is 4.39. The molecule has 0 amide bonds. The Hall–Kier alpha value is -1.57. The molecular weight excluding hydrogens is 355 g/mol. The molecule has 0 bridgehead atoms. The number of rotatable bonds is 5. The van der Waals surface area contributed by atoms with E-state index < -0.39 is 0 Å². The number of aryl methyl sites for hydroxylation is 1. The fraction of sp³-hybridized carbons (Fsp3) is 0.389. The molecule has 130 valence electrons. The summed E-state index contributed by atoms with van der Waals surface area (Å²) in [5.41, 5.74) is 2.57. The number of halogens is 1. The quantitative estimate of drug-likeness (QED) is 0.620. The molecule has 1 aliphatic heterocycles. The zero-order valence-corrected chi connectivity index (χ0v) is 15.7. The van der Waals surface area contributed by atoms with Gasteiger partial charge in [0.1, 0.15) is 22.1 Å². The van der Waals surface area contributed by atoms with Gasteiger partial charge in [0.15, 0.2) is 0 Å². The van der Waals surface area contributed by atoms with Crippen molar-refractivity contribution in [3.63, 3.8) is 0 Å². The lowest BCUT2D eigenvalue weighted by molar-refractivity contribution is 0.362. The van der Waals surface area contributed by atoms with Gasteiger partial charge >= 0.3 is 0 Å². The normalized spacial score (nSPS) is 15.3. The maximum Gasteiger partial charge on any atom is 0.146 e. The summed E-state index contributed by atoms with van der Waals surface area (Å²) in [4.78, 5) is 7.17. The molecule has 0 saturated carbocycles. The van der Waals surface area contributed by atoms with E-state index in [1.165, 1.54) is 38.1 Å². The molecule has 2 aromatic heterocycles. The van der Waals surface area contributed by atoms with Crippen LogP contribution in [-0.4, -0.2) is 45.5 Å². The van der Waals surface area contributed by atoms with E-state index in [1.807, 2.05) is 6.92 Å². The highest BCUT2D eigenvalue weighted by Gasteiger charge is 2.17. The molecule has 0 unspecified atom stereocenters. The van der Waals surface area contributed by atoms with Gasteiger partial charge in [-0.1, -0.05) is 0 Å². The average molecular weight is 375 g/mol. The summed E-state index contributed by atoms with van der Waals surface area (Å²) >= 11 is 3.34. The smallest absolute Gasteiger partial charge is 0.146 e. The number of fused-ring (bicyclic) bond motifs is 1. The van der Waals surface area contributed by atoms with E-state index in [0.717, 1.165) is 43.8 Å². The highest BCUT2D eigenvalue weighted by Crippen LogP contribution is 2.35. The van der Waals surface area contributed by atoms with E-state index in [2.05, 4.69) is 20.1 Å². The molecule has 0 radical (unpaired) electrons. The molecule has 1 saturated heterocycles. The van der Waals surface area contributed by atoms with Crippen LogP contribution < -0.4 is 0 Å². The molecule has 4 nitrogen and oxygen atoms in total. The summed E-state index contributed by atoms with van der Waals surface area (Å²) in [5.74, 6) is 0.749. The minimum atomic E-state index is -0.248. The Bertz CT molecular complexity index is 873. The third kappa shape index (κ3) is 3.68.